The first-order valence-corrected chi connectivity index (χ1v) is 11.7. The summed E-state index contributed by atoms with van der Waals surface area (Å²) in [5.41, 5.74) is 2.33. The lowest BCUT2D eigenvalue weighted by Gasteiger charge is -2.20. The number of hydrogen-bond acceptors (Lipinski definition) is 4. The van der Waals surface area contributed by atoms with Gasteiger partial charge in [-0.3, -0.25) is 9.10 Å². The number of amides is 1. The molecule has 0 atom stereocenters. The van der Waals surface area contributed by atoms with E-state index in [-0.39, 0.29) is 16.1 Å². The maximum atomic E-state index is 14.5. The smallest absolute Gasteiger partial charge is 0.264 e. The van der Waals surface area contributed by atoms with Crippen molar-refractivity contribution in [2.45, 2.75) is 11.3 Å². The number of carbonyl (C=O) groups excluding carboxylic acids is 1. The van der Waals surface area contributed by atoms with Crippen LogP contribution in [0.5, 0.6) is 0 Å². The van der Waals surface area contributed by atoms with Crippen LogP contribution < -0.4 is 9.62 Å². The van der Waals surface area contributed by atoms with Crippen molar-refractivity contribution in [2.75, 3.05) is 16.2 Å². The zero-order valence-corrected chi connectivity index (χ0v) is 18.2. The average molecular weight is 463 g/mol. The van der Waals surface area contributed by atoms with Crippen molar-refractivity contribution in [1.82, 2.24) is 9.55 Å². The molecule has 0 saturated carbocycles. The van der Waals surface area contributed by atoms with Crippen molar-refractivity contribution in [2.24, 2.45) is 0 Å². The van der Waals surface area contributed by atoms with E-state index in [0.717, 1.165) is 5.56 Å². The summed E-state index contributed by atoms with van der Waals surface area (Å²) in [6.07, 6.45) is 5.26. The Balaban J connectivity index is 1.38. The van der Waals surface area contributed by atoms with Gasteiger partial charge in [0, 0.05) is 30.2 Å². The van der Waals surface area contributed by atoms with Gasteiger partial charge in [0.05, 0.1) is 22.6 Å². The molecule has 2 heterocycles. The Kier molecular flexibility index (Phi) is 5.18. The van der Waals surface area contributed by atoms with Crippen molar-refractivity contribution in [3.8, 4) is 5.69 Å². The normalized spacial score (nSPS) is 13.1. The van der Waals surface area contributed by atoms with Crippen molar-refractivity contribution in [3.63, 3.8) is 0 Å². The van der Waals surface area contributed by atoms with Crippen LogP contribution in [0.4, 0.5) is 15.8 Å². The summed E-state index contributed by atoms with van der Waals surface area (Å²) in [7, 11) is -3.83. The molecular weight excluding hydrogens is 443 g/mol. The zero-order valence-electron chi connectivity index (χ0n) is 17.3. The molecule has 0 bridgehead atoms. The zero-order chi connectivity index (χ0) is 23.0. The molecule has 5 rings (SSSR count). The van der Waals surface area contributed by atoms with Gasteiger partial charge in [-0.15, -0.1) is 0 Å². The Labute approximate surface area is 190 Å². The lowest BCUT2D eigenvalue weighted by Crippen LogP contribution is -2.29. The molecule has 0 fully saturated rings. The van der Waals surface area contributed by atoms with Crippen LogP contribution in [0.1, 0.15) is 15.9 Å². The first-order chi connectivity index (χ1) is 15.9. The van der Waals surface area contributed by atoms with Gasteiger partial charge in [0.1, 0.15) is 5.82 Å². The molecule has 1 amide bonds. The Morgan fingerprint density at radius 2 is 1.85 bits per heavy atom. The molecule has 0 unspecified atom stereocenters. The third-order valence-electron chi connectivity index (χ3n) is 5.52. The molecule has 4 aromatic rings. The number of rotatable bonds is 5. The van der Waals surface area contributed by atoms with E-state index < -0.39 is 21.7 Å². The Morgan fingerprint density at radius 1 is 1.00 bits per heavy atom. The summed E-state index contributed by atoms with van der Waals surface area (Å²) in [5, 5.41) is 2.62. The van der Waals surface area contributed by atoms with E-state index >= 15 is 0 Å². The molecule has 7 nitrogen and oxygen atoms in total. The fourth-order valence-electron chi connectivity index (χ4n) is 3.88. The molecule has 1 aliphatic heterocycles. The number of carbonyl (C=O) groups is 1. The molecule has 0 saturated heterocycles. The van der Waals surface area contributed by atoms with E-state index in [2.05, 4.69) is 10.3 Å². The Morgan fingerprint density at radius 3 is 2.64 bits per heavy atom. The molecule has 9 heteroatoms. The molecule has 166 valence electrons. The minimum Gasteiger partial charge on any atom is -0.322 e. The predicted octanol–water partition coefficient (Wildman–Crippen LogP) is 4.02. The van der Waals surface area contributed by atoms with Crippen LogP contribution >= 0.6 is 0 Å². The van der Waals surface area contributed by atoms with Crippen LogP contribution in [0.2, 0.25) is 0 Å². The van der Waals surface area contributed by atoms with Crippen molar-refractivity contribution >= 4 is 27.3 Å². The third kappa shape index (κ3) is 3.87. The summed E-state index contributed by atoms with van der Waals surface area (Å²) in [4.78, 5) is 16.7. The maximum absolute atomic E-state index is 14.5. The van der Waals surface area contributed by atoms with Gasteiger partial charge in [0.15, 0.2) is 0 Å². The van der Waals surface area contributed by atoms with Gasteiger partial charge >= 0.3 is 0 Å². The monoisotopic (exact) mass is 462 g/mol. The van der Waals surface area contributed by atoms with Crippen LogP contribution in [0, 0.1) is 5.82 Å². The molecule has 0 radical (unpaired) electrons. The van der Waals surface area contributed by atoms with Crippen LogP contribution in [0.15, 0.2) is 90.3 Å². The van der Waals surface area contributed by atoms with Gasteiger partial charge in [-0.25, -0.2) is 17.8 Å². The summed E-state index contributed by atoms with van der Waals surface area (Å²) in [6, 6.07) is 17.5. The third-order valence-corrected chi connectivity index (χ3v) is 7.33. The largest absolute Gasteiger partial charge is 0.322 e. The molecular formula is C24H19FN4O3S. The van der Waals surface area contributed by atoms with Gasteiger partial charge in [0.25, 0.3) is 15.9 Å². The number of para-hydroxylation sites is 1. The maximum Gasteiger partial charge on any atom is 0.264 e. The summed E-state index contributed by atoms with van der Waals surface area (Å²) >= 11 is 0. The van der Waals surface area contributed by atoms with Crippen LogP contribution in [0.3, 0.4) is 0 Å². The van der Waals surface area contributed by atoms with Gasteiger partial charge in [-0.05, 0) is 54.4 Å². The highest BCUT2D eigenvalue weighted by Gasteiger charge is 2.31. The molecule has 0 aliphatic carbocycles. The first-order valence-electron chi connectivity index (χ1n) is 10.2. The van der Waals surface area contributed by atoms with Gasteiger partial charge in [-0.1, -0.05) is 24.3 Å². The molecule has 1 N–H and O–H groups in total. The second-order valence-electron chi connectivity index (χ2n) is 7.57. The van der Waals surface area contributed by atoms with Crippen LogP contribution in [-0.4, -0.2) is 30.4 Å². The highest BCUT2D eigenvalue weighted by molar-refractivity contribution is 7.92. The molecule has 1 aliphatic rings. The minimum absolute atomic E-state index is 0.0217. The number of sulfonamides is 1. The number of aromatic nitrogens is 2. The summed E-state index contributed by atoms with van der Waals surface area (Å²) < 4.78 is 43.9. The van der Waals surface area contributed by atoms with Crippen LogP contribution in [0.25, 0.3) is 5.69 Å². The lowest BCUT2D eigenvalue weighted by molar-refractivity contribution is 0.102. The number of imidazole rings is 1. The van der Waals surface area contributed by atoms with E-state index in [4.69, 9.17) is 0 Å². The van der Waals surface area contributed by atoms with Crippen molar-refractivity contribution < 1.29 is 17.6 Å². The Bertz CT molecular complexity index is 1450. The van der Waals surface area contributed by atoms with Gasteiger partial charge in [-0.2, -0.15) is 0 Å². The number of nitrogens with one attached hydrogen (secondary N) is 1. The van der Waals surface area contributed by atoms with Gasteiger partial charge in [0.2, 0.25) is 0 Å². The SMILES string of the molecule is O=C(Nc1ccc(-n2ccnc2)c(F)c1)c1cccc(S(=O)(=O)N2CCc3ccccc32)c1. The molecule has 33 heavy (non-hydrogen) atoms. The number of nitrogens with zero attached hydrogens (tertiary/aromatic N) is 3. The predicted molar refractivity (Wildman–Crippen MR) is 123 cm³/mol. The topological polar surface area (TPSA) is 84.3 Å². The van der Waals surface area contributed by atoms with E-state index in [0.29, 0.717) is 24.3 Å². The number of hydrogen-bond donors (Lipinski definition) is 1. The fraction of sp³-hybridized carbons (Fsp3) is 0.0833. The standard InChI is InChI=1S/C24H19FN4O3S/c25-21-15-19(8-9-23(21)28-13-11-26-16-28)27-24(30)18-5-3-6-20(14-18)33(31,32)29-12-10-17-4-1-2-7-22(17)29/h1-9,11,13-16H,10,12H2,(H,27,30). The van der Waals surface area contributed by atoms with Crippen molar-refractivity contribution in [1.29, 1.82) is 0 Å². The molecule has 0 spiro atoms. The van der Waals surface area contributed by atoms with E-state index in [1.807, 2.05) is 12.1 Å². The second-order valence-corrected chi connectivity index (χ2v) is 9.44. The average Bonchev–Trinajstić information content (AvgIpc) is 3.50. The minimum atomic E-state index is -3.83. The number of anilines is 2. The van der Waals surface area contributed by atoms with E-state index in [1.165, 1.54) is 57.8 Å². The second kappa shape index (κ2) is 8.18. The summed E-state index contributed by atoms with van der Waals surface area (Å²) in [6.45, 7) is 0.348. The fourth-order valence-corrected chi connectivity index (χ4v) is 5.43. The van der Waals surface area contributed by atoms with E-state index in [9.17, 15) is 17.6 Å². The van der Waals surface area contributed by atoms with E-state index in [1.54, 1.807) is 24.4 Å². The van der Waals surface area contributed by atoms with Crippen LogP contribution in [-0.2, 0) is 16.4 Å². The molecule has 1 aromatic heterocycles. The first kappa shape index (κ1) is 20.9. The molecule has 3 aromatic carbocycles. The Hall–Kier alpha value is -3.98. The number of halogens is 1. The van der Waals surface area contributed by atoms with Crippen molar-refractivity contribution in [3.05, 3.63) is 102 Å². The summed E-state index contributed by atoms with van der Waals surface area (Å²) in [5.74, 6) is -1.07. The van der Waals surface area contributed by atoms with Gasteiger partial charge < -0.3 is 9.88 Å². The quantitative estimate of drug-likeness (QED) is 0.486. The number of fused-ring (bicyclic) bond motifs is 1. The number of benzene rings is 3. The lowest BCUT2D eigenvalue weighted by atomic mass is 10.2. The highest BCUT2D eigenvalue weighted by Crippen LogP contribution is 2.32. The highest BCUT2D eigenvalue weighted by atomic mass is 32.2.